The maximum absolute atomic E-state index is 12.5. The molecule has 0 amide bonds. The second-order valence-corrected chi connectivity index (χ2v) is 2.13. The molecular weight excluding hydrogens is 208 g/mol. The summed E-state index contributed by atoms with van der Waals surface area (Å²) in [7, 11) is 0. The van der Waals surface area contributed by atoms with Gasteiger partial charge in [0.25, 0.3) is 0 Å². The first-order valence-corrected chi connectivity index (χ1v) is 3.53. The molecule has 0 heterocycles. The molecule has 0 rings (SSSR count). The van der Waals surface area contributed by atoms with Crippen LogP contribution < -0.4 is 0 Å². The summed E-state index contributed by atoms with van der Waals surface area (Å²) in [6, 6.07) is 0. The Labute approximate surface area is 77.3 Å². The summed E-state index contributed by atoms with van der Waals surface area (Å²) in [5.74, 6) is -1.04. The number of ether oxygens (including phenoxy) is 2. The second kappa shape index (κ2) is 5.58. The van der Waals surface area contributed by atoms with Crippen molar-refractivity contribution >= 4 is 5.97 Å². The molecule has 0 saturated heterocycles. The highest BCUT2D eigenvalue weighted by molar-refractivity contribution is 5.81. The minimum Gasteiger partial charge on any atom is -0.428 e. The third-order valence-electron chi connectivity index (χ3n) is 1.02. The molecule has 0 aromatic rings. The third-order valence-corrected chi connectivity index (χ3v) is 1.02. The molecule has 0 saturated carbocycles. The minimum absolute atomic E-state index is 0.681. The molecule has 0 aliphatic rings. The number of rotatable bonds is 5. The Bertz CT molecular complexity index is 202. The minimum atomic E-state index is -4.80. The molecule has 0 spiro atoms. The van der Waals surface area contributed by atoms with Crippen LogP contribution >= 0.6 is 0 Å². The van der Waals surface area contributed by atoms with Gasteiger partial charge in [-0.25, -0.2) is 9.18 Å². The molecule has 0 aliphatic heterocycles. The summed E-state index contributed by atoms with van der Waals surface area (Å²) in [6.45, 7) is 2.07. The van der Waals surface area contributed by atoms with Gasteiger partial charge < -0.3 is 4.74 Å². The van der Waals surface area contributed by atoms with Crippen LogP contribution in [0.25, 0.3) is 0 Å². The van der Waals surface area contributed by atoms with Crippen molar-refractivity contribution in [2.45, 2.75) is 19.1 Å². The van der Waals surface area contributed by atoms with E-state index in [2.05, 4.69) is 16.1 Å². The maximum atomic E-state index is 12.5. The predicted molar refractivity (Wildman–Crippen MR) is 37.8 cm³/mol. The first kappa shape index (κ1) is 12.9. The van der Waals surface area contributed by atoms with Crippen LogP contribution in [0.4, 0.5) is 17.6 Å². The first-order valence-electron chi connectivity index (χ1n) is 3.53. The van der Waals surface area contributed by atoms with E-state index in [4.69, 9.17) is 0 Å². The van der Waals surface area contributed by atoms with E-state index in [1.807, 2.05) is 0 Å². The monoisotopic (exact) mass is 216 g/mol. The second-order valence-electron chi connectivity index (χ2n) is 2.13. The van der Waals surface area contributed by atoms with Crippen LogP contribution in [-0.4, -0.2) is 25.3 Å². The Morgan fingerprint density at radius 3 is 2.50 bits per heavy atom. The van der Waals surface area contributed by atoms with Gasteiger partial charge in [0.05, 0.1) is 6.61 Å². The van der Waals surface area contributed by atoms with Crippen molar-refractivity contribution in [1.82, 2.24) is 0 Å². The standard InChI is InChI=1S/C7H8F4O3/c1-2-6(12)14-5(8)3-4-13-7(9,10)11/h2,5H,1,3-4H2. The molecule has 0 aromatic heterocycles. The van der Waals surface area contributed by atoms with Gasteiger partial charge in [0.15, 0.2) is 0 Å². The van der Waals surface area contributed by atoms with E-state index in [0.29, 0.717) is 6.08 Å². The number of alkyl halides is 4. The van der Waals surface area contributed by atoms with Crippen LogP contribution in [0.3, 0.4) is 0 Å². The summed E-state index contributed by atoms with van der Waals surface area (Å²) < 4.78 is 53.8. The van der Waals surface area contributed by atoms with Crippen molar-refractivity contribution < 1.29 is 31.8 Å². The van der Waals surface area contributed by atoms with Gasteiger partial charge in [-0.05, 0) is 0 Å². The van der Waals surface area contributed by atoms with Gasteiger partial charge in [-0.2, -0.15) is 0 Å². The van der Waals surface area contributed by atoms with E-state index < -0.39 is 31.7 Å². The fourth-order valence-corrected chi connectivity index (χ4v) is 0.500. The zero-order valence-electron chi connectivity index (χ0n) is 7.01. The van der Waals surface area contributed by atoms with Crippen LogP contribution in [0, 0.1) is 0 Å². The van der Waals surface area contributed by atoms with Crippen LogP contribution in [0.15, 0.2) is 12.7 Å². The highest BCUT2D eigenvalue weighted by atomic mass is 19.4. The van der Waals surface area contributed by atoms with E-state index >= 15 is 0 Å². The van der Waals surface area contributed by atoms with Crippen LogP contribution in [-0.2, 0) is 14.3 Å². The zero-order chi connectivity index (χ0) is 11.2. The van der Waals surface area contributed by atoms with Crippen molar-refractivity contribution in [3.05, 3.63) is 12.7 Å². The van der Waals surface area contributed by atoms with Crippen molar-refractivity contribution in [1.29, 1.82) is 0 Å². The molecule has 1 atom stereocenters. The Morgan fingerprint density at radius 1 is 1.50 bits per heavy atom. The molecule has 1 unspecified atom stereocenters. The summed E-state index contributed by atoms with van der Waals surface area (Å²) in [4.78, 5) is 10.3. The fourth-order valence-electron chi connectivity index (χ4n) is 0.500. The number of esters is 1. The Kier molecular flexibility index (Phi) is 5.14. The highest BCUT2D eigenvalue weighted by Gasteiger charge is 2.29. The Balaban J connectivity index is 3.59. The Hall–Kier alpha value is -1.11. The van der Waals surface area contributed by atoms with Crippen molar-refractivity contribution in [3.8, 4) is 0 Å². The Morgan fingerprint density at radius 2 is 2.07 bits per heavy atom. The van der Waals surface area contributed by atoms with Crippen molar-refractivity contribution in [2.24, 2.45) is 0 Å². The largest absolute Gasteiger partial charge is 0.522 e. The quantitative estimate of drug-likeness (QED) is 0.400. The zero-order valence-corrected chi connectivity index (χ0v) is 7.01. The molecule has 0 bridgehead atoms. The number of halogens is 4. The van der Waals surface area contributed by atoms with Crippen molar-refractivity contribution in [3.63, 3.8) is 0 Å². The van der Waals surface area contributed by atoms with Crippen LogP contribution in [0.5, 0.6) is 0 Å². The van der Waals surface area contributed by atoms with Gasteiger partial charge in [0.1, 0.15) is 0 Å². The average Bonchev–Trinajstić information content (AvgIpc) is 2.01. The molecule has 3 nitrogen and oxygen atoms in total. The number of hydrogen-bond donors (Lipinski definition) is 0. The summed E-state index contributed by atoms with van der Waals surface area (Å²) in [5, 5.41) is 0. The molecule has 82 valence electrons. The van der Waals surface area contributed by atoms with Crippen molar-refractivity contribution in [2.75, 3.05) is 6.61 Å². The van der Waals surface area contributed by atoms with E-state index in [0.717, 1.165) is 0 Å². The number of carbonyl (C=O) groups is 1. The lowest BCUT2D eigenvalue weighted by Crippen LogP contribution is -2.19. The van der Waals surface area contributed by atoms with Gasteiger partial charge in [0, 0.05) is 12.5 Å². The van der Waals surface area contributed by atoms with Gasteiger partial charge in [-0.3, -0.25) is 4.74 Å². The van der Waals surface area contributed by atoms with E-state index in [1.165, 1.54) is 0 Å². The lowest BCUT2D eigenvalue weighted by molar-refractivity contribution is -0.326. The lowest BCUT2D eigenvalue weighted by atomic mass is 10.4. The topological polar surface area (TPSA) is 35.5 Å². The predicted octanol–water partition coefficient (Wildman–Crippen LogP) is 1.94. The number of carbonyl (C=O) groups excluding carboxylic acids is 1. The van der Waals surface area contributed by atoms with Gasteiger partial charge >= 0.3 is 12.3 Å². The fraction of sp³-hybridized carbons (Fsp3) is 0.571. The average molecular weight is 216 g/mol. The molecule has 14 heavy (non-hydrogen) atoms. The molecule has 0 N–H and O–H groups in total. The third kappa shape index (κ3) is 7.53. The van der Waals surface area contributed by atoms with E-state index in [9.17, 15) is 22.4 Å². The summed E-state index contributed by atoms with van der Waals surface area (Å²) in [5.41, 5.74) is 0. The molecule has 0 radical (unpaired) electrons. The highest BCUT2D eigenvalue weighted by Crippen LogP contribution is 2.17. The van der Waals surface area contributed by atoms with Gasteiger partial charge in [-0.1, -0.05) is 6.58 Å². The molecular formula is C7H8F4O3. The van der Waals surface area contributed by atoms with E-state index in [-0.39, 0.29) is 0 Å². The smallest absolute Gasteiger partial charge is 0.428 e. The van der Waals surface area contributed by atoms with E-state index in [1.54, 1.807) is 0 Å². The number of hydrogen-bond acceptors (Lipinski definition) is 3. The molecule has 0 aliphatic carbocycles. The van der Waals surface area contributed by atoms with Gasteiger partial charge in [-0.15, -0.1) is 13.2 Å². The van der Waals surface area contributed by atoms with Crippen LogP contribution in [0.2, 0.25) is 0 Å². The molecule has 7 heteroatoms. The first-order chi connectivity index (χ1) is 6.35. The molecule has 0 fully saturated rings. The van der Waals surface area contributed by atoms with Gasteiger partial charge in [0.2, 0.25) is 6.36 Å². The normalized spacial score (nSPS) is 13.4. The summed E-state index contributed by atoms with van der Waals surface area (Å²) >= 11 is 0. The molecule has 0 aromatic carbocycles. The summed E-state index contributed by atoms with van der Waals surface area (Å²) in [6.07, 6.45) is -6.90. The van der Waals surface area contributed by atoms with Crippen LogP contribution in [0.1, 0.15) is 6.42 Å². The lowest BCUT2D eigenvalue weighted by Gasteiger charge is -2.10. The maximum Gasteiger partial charge on any atom is 0.522 e. The SMILES string of the molecule is C=CC(=O)OC(F)CCOC(F)(F)F.